The highest BCUT2D eigenvalue weighted by molar-refractivity contribution is 5.84. The van der Waals surface area contributed by atoms with Crippen LogP contribution in [-0.2, 0) is 55.7 Å². The highest BCUT2D eigenvalue weighted by Crippen LogP contribution is 2.37. The van der Waals surface area contributed by atoms with Crippen molar-refractivity contribution in [2.45, 2.75) is 232 Å². The molecule has 1 aliphatic rings. The van der Waals surface area contributed by atoms with Crippen LogP contribution in [0.1, 0.15) is 195 Å². The summed E-state index contributed by atoms with van der Waals surface area (Å²) in [6.07, 6.45) is 4.43. The third-order valence-electron chi connectivity index (χ3n) is 17.4. The molecule has 1 fully saturated rings. The molecule has 572 valence electrons. The van der Waals surface area contributed by atoms with Crippen LogP contribution in [0.4, 0.5) is 9.59 Å². The molecule has 23 heteroatoms. The van der Waals surface area contributed by atoms with Gasteiger partial charge in [0.25, 0.3) is 0 Å². The molecule has 0 unspecified atom stereocenters. The minimum Gasteiger partial charge on any atom is -0.493 e. The van der Waals surface area contributed by atoms with E-state index in [4.69, 9.17) is 59.8 Å². The van der Waals surface area contributed by atoms with Crippen LogP contribution in [0.3, 0.4) is 0 Å². The number of aromatic amines is 1. The Morgan fingerprint density at radius 1 is 0.620 bits per heavy atom. The molecule has 2 heterocycles. The second-order valence-electron chi connectivity index (χ2n) is 30.4. The van der Waals surface area contributed by atoms with Crippen molar-refractivity contribution in [3.05, 3.63) is 82.3 Å². The summed E-state index contributed by atoms with van der Waals surface area (Å²) in [6, 6.07) is 15.8. The molecule has 1 aliphatic heterocycles. The van der Waals surface area contributed by atoms with Gasteiger partial charge in [-0.3, -0.25) is 24.0 Å². The first-order valence-electron chi connectivity index (χ1n) is 35.0. The Kier molecular flexibility index (Phi) is 42.6. The fourth-order valence-electron chi connectivity index (χ4n) is 10.5. The molecule has 3 aromatic rings. The molecule has 23 nitrogen and oxygen atoms in total. The molecule has 100 heavy (non-hydrogen) atoms. The molecule has 1 aromatic heterocycles. The quantitative estimate of drug-likeness (QED) is 0.0160. The Hall–Kier alpha value is -6.95. The fraction of sp³-hybridized carbons (Fsp3) is 0.701. The lowest BCUT2D eigenvalue weighted by Gasteiger charge is -2.33. The predicted octanol–water partition coefficient (Wildman–Crippen LogP) is 12.4. The predicted molar refractivity (Wildman–Crippen MR) is 394 cm³/mol. The number of aliphatic hydroxyl groups is 1. The maximum absolute atomic E-state index is 13.4. The van der Waals surface area contributed by atoms with E-state index in [9.17, 15) is 38.7 Å². The van der Waals surface area contributed by atoms with E-state index in [2.05, 4.69) is 49.4 Å². The number of hydrogen-bond donors (Lipinski definition) is 7. The number of hydrogen-bond acceptors (Lipinski definition) is 18. The number of primary amides is 2. The largest absolute Gasteiger partial charge is 0.493 e. The Balaban J connectivity index is 0.00000162. The molecule has 1 saturated heterocycles. The molecule has 10 N–H and O–H groups in total. The average molecular weight is 1410 g/mol. The number of nitrogens with one attached hydrogen (secondary N) is 3. The van der Waals surface area contributed by atoms with Gasteiger partial charge in [0, 0.05) is 76.8 Å². The Morgan fingerprint density at radius 3 is 1.44 bits per heavy atom. The van der Waals surface area contributed by atoms with Gasteiger partial charge >= 0.3 is 18.2 Å². The molecule has 8 atom stereocenters. The van der Waals surface area contributed by atoms with Gasteiger partial charge in [-0.05, 0) is 177 Å². The van der Waals surface area contributed by atoms with E-state index in [0.717, 1.165) is 30.4 Å². The number of nitrogens with two attached hydrogens (primary N) is 3. The standard InChI is InChI=1S/C36H62N2O8.C30H49NO7.C5H12N2O.C5H5NO.CH4/c1-23(2)26(19-25-13-14-31(44-11)32(20-25)45-18-12-17-43-10)21-28(38-34(42)46-35(5,6)7)30(40)22-27(24(3)4)29(39)15-16-36(8,9)33(37)41;1-19(2)22(15-21-11-12-25(35-9)27(16-21)36-14-10-13-34-8)17-24(31-29(33)38-30(5,6)7)26-18-23(20(3)4)28(32)37-26;1-5(2,3-6)4(7)8;7-5-3-1-2-4-6-5;/h13-14,20,23-24,26-28,30,40H,12,15-19,21-22H2,1-11H3,(H2,37,41)(H,38,42);11-12,16,19-20,22-24,26H,10,13-15,17-18H2,1-9H3,(H,31,33);3,6H2,1-2H3,(H2,7,8);1-4H,(H,6,7);1H4/t26-,27-,28-,30-;22-,23-,24-,26-;;;/m00.../s1. The molecule has 0 saturated carbocycles. The number of cyclic esters (lactones) is 1. The van der Waals surface area contributed by atoms with E-state index in [1.807, 2.05) is 78.8 Å². The minimum absolute atomic E-state index is 0. The van der Waals surface area contributed by atoms with Crippen LogP contribution in [0.2, 0.25) is 0 Å². The number of methoxy groups -OCH3 is 4. The number of esters is 1. The van der Waals surface area contributed by atoms with Crippen LogP contribution in [0.15, 0.2) is 65.6 Å². The number of amides is 4. The number of aromatic nitrogens is 1. The van der Waals surface area contributed by atoms with Gasteiger partial charge in [0.2, 0.25) is 17.4 Å². The van der Waals surface area contributed by atoms with Crippen molar-refractivity contribution in [2.24, 2.45) is 75.4 Å². The average Bonchev–Trinajstić information content (AvgIpc) is 1.88. The number of ketones is 1. The third-order valence-corrected chi connectivity index (χ3v) is 17.4. The molecule has 4 amide bonds. The first-order chi connectivity index (χ1) is 46.0. The smallest absolute Gasteiger partial charge is 0.408 e. The van der Waals surface area contributed by atoms with Crippen LogP contribution >= 0.6 is 0 Å². The zero-order chi connectivity index (χ0) is 75.6. The Morgan fingerprint density at radius 2 is 1.09 bits per heavy atom. The summed E-state index contributed by atoms with van der Waals surface area (Å²) in [5, 5.41) is 17.6. The first kappa shape index (κ1) is 93.0. The van der Waals surface area contributed by atoms with Crippen molar-refractivity contribution in [1.82, 2.24) is 15.6 Å². The van der Waals surface area contributed by atoms with E-state index in [0.29, 0.717) is 94.0 Å². The maximum atomic E-state index is 13.4. The molecule has 0 spiro atoms. The topological polar surface area (TPSA) is 341 Å². The van der Waals surface area contributed by atoms with Crippen LogP contribution in [0.5, 0.6) is 23.0 Å². The number of carbonyl (C=O) groups is 6. The molecule has 4 rings (SSSR count). The lowest BCUT2D eigenvalue weighted by Crippen LogP contribution is -2.48. The summed E-state index contributed by atoms with van der Waals surface area (Å²) in [5.74, 6) is 1.98. The second kappa shape index (κ2) is 45.8. The third kappa shape index (κ3) is 36.6. The van der Waals surface area contributed by atoms with Crippen molar-refractivity contribution in [2.75, 3.05) is 61.4 Å². The van der Waals surface area contributed by atoms with Crippen LogP contribution in [0.25, 0.3) is 0 Å². The van der Waals surface area contributed by atoms with Gasteiger partial charge in [-0.1, -0.05) is 94.9 Å². The molecular weight excluding hydrogens is 1280 g/mol. The van der Waals surface area contributed by atoms with Crippen molar-refractivity contribution < 1.29 is 76.5 Å². The van der Waals surface area contributed by atoms with E-state index in [-0.39, 0.29) is 91.1 Å². The number of alkyl carbamates (subject to hydrolysis) is 2. The van der Waals surface area contributed by atoms with Gasteiger partial charge in [0.1, 0.15) is 23.1 Å². The summed E-state index contributed by atoms with van der Waals surface area (Å²) >= 11 is 0. The first-order valence-corrected chi connectivity index (χ1v) is 35.0. The molecule has 0 radical (unpaired) electrons. The van der Waals surface area contributed by atoms with Gasteiger partial charge in [-0.25, -0.2) is 9.59 Å². The van der Waals surface area contributed by atoms with Crippen molar-refractivity contribution in [1.29, 1.82) is 0 Å². The van der Waals surface area contributed by atoms with Gasteiger partial charge in [0.05, 0.1) is 57.0 Å². The van der Waals surface area contributed by atoms with Gasteiger partial charge in [0.15, 0.2) is 23.0 Å². The summed E-state index contributed by atoms with van der Waals surface area (Å²) < 4.78 is 50.2. The zero-order valence-corrected chi connectivity index (χ0v) is 64.0. The summed E-state index contributed by atoms with van der Waals surface area (Å²) in [4.78, 5) is 86.6. The summed E-state index contributed by atoms with van der Waals surface area (Å²) in [6.45, 7) is 36.9. The maximum Gasteiger partial charge on any atom is 0.408 e. The monoisotopic (exact) mass is 1410 g/mol. The molecule has 2 aromatic carbocycles. The molecule has 0 aliphatic carbocycles. The van der Waals surface area contributed by atoms with Crippen molar-refractivity contribution in [3.8, 4) is 23.0 Å². The van der Waals surface area contributed by atoms with Crippen LogP contribution in [-0.4, -0.2) is 143 Å². The highest BCUT2D eigenvalue weighted by atomic mass is 16.6. The number of carbonyl (C=O) groups excluding carboxylic acids is 6. The van der Waals surface area contributed by atoms with Gasteiger partial charge in [-0.2, -0.15) is 0 Å². The van der Waals surface area contributed by atoms with Crippen LogP contribution < -0.4 is 52.3 Å². The Bertz CT molecular complexity index is 2920. The zero-order valence-electron chi connectivity index (χ0n) is 64.0. The number of aliphatic hydroxyl groups excluding tert-OH is 1. The van der Waals surface area contributed by atoms with Gasteiger partial charge < -0.3 is 80.6 Å². The number of rotatable bonds is 37. The number of ether oxygens (including phenoxy) is 9. The van der Waals surface area contributed by atoms with E-state index >= 15 is 0 Å². The fourth-order valence-corrected chi connectivity index (χ4v) is 10.5. The molecule has 0 bridgehead atoms. The SMILES string of the molecule is C.CC(C)(CN)C(N)=O.COCCCOc1cc(C[C@@H](C[C@H](NC(=O)OC(C)(C)C)[C@@H](O)C[C@H](C(=O)CCC(C)(C)C(N)=O)C(C)C)C(C)C)ccc1OC.COCCCOc1cc(C[C@@H](C[C@H](NC(=O)OC(C)(C)C)[C@@H]2C[C@@H](C(C)C)C(=O)O2)C(C)C)ccc1OC.O=c1cccc[nH]1. The minimum atomic E-state index is -1.01. The number of pyridine rings is 1. The lowest BCUT2D eigenvalue weighted by molar-refractivity contribution is -0.146. The van der Waals surface area contributed by atoms with E-state index < -0.39 is 58.2 Å². The van der Waals surface area contributed by atoms with E-state index in [1.54, 1.807) is 95.2 Å². The summed E-state index contributed by atoms with van der Waals surface area (Å²) in [7, 11) is 6.57. The van der Waals surface area contributed by atoms with Crippen molar-refractivity contribution >= 4 is 35.8 Å². The van der Waals surface area contributed by atoms with Gasteiger partial charge in [-0.15, -0.1) is 0 Å². The molecular formula is C77H132N6O17. The highest BCUT2D eigenvalue weighted by Gasteiger charge is 2.43. The normalized spacial score (nSPS) is 15.7. The van der Waals surface area contributed by atoms with Crippen molar-refractivity contribution in [3.63, 3.8) is 0 Å². The number of H-pyrrole nitrogens is 1. The van der Waals surface area contributed by atoms with E-state index in [1.165, 1.54) is 6.07 Å². The summed E-state index contributed by atoms with van der Waals surface area (Å²) in [5.41, 5.74) is 15.1. The number of Topliss-reactive ketones (excluding diaryl/α,β-unsaturated/α-hetero) is 1. The Labute approximate surface area is 599 Å². The van der Waals surface area contributed by atoms with Crippen LogP contribution in [0, 0.1) is 58.2 Å². The second-order valence-corrected chi connectivity index (χ2v) is 30.4. The number of benzene rings is 2. The lowest BCUT2D eigenvalue weighted by atomic mass is 9.78.